The maximum Gasteiger partial charge on any atom is 0.326 e. The molecule has 7 fully saturated rings. The fourth-order valence-corrected chi connectivity index (χ4v) is 13.8. The number of fused-ring (bicyclic) bond motifs is 4. The zero-order chi connectivity index (χ0) is 35.4. The SMILES string of the molecule is CCO[C@@H]([C@H]1C[C@@H](C)[C@H]2[C@H](O1)[C@H](O)[C@@]1(N)[C@@H]3CC[C@H]4C(C)(C)[C@@H](OC(=O)[C@H]5COCCN5CCOC)CCC45C[C@@]35CC[C@]21C)C(C)(C)O. The fraction of sp³-hybridized carbons (Fsp3) is 0.974. The highest BCUT2D eigenvalue weighted by Crippen LogP contribution is 2.87. The first-order valence-electron chi connectivity index (χ1n) is 19.5. The highest BCUT2D eigenvalue weighted by atomic mass is 16.6. The van der Waals surface area contributed by atoms with Crippen molar-refractivity contribution in [2.75, 3.05) is 46.6 Å². The van der Waals surface area contributed by atoms with Gasteiger partial charge in [0.1, 0.15) is 18.2 Å². The molecule has 49 heavy (non-hydrogen) atoms. The van der Waals surface area contributed by atoms with E-state index in [2.05, 4.69) is 32.6 Å². The van der Waals surface area contributed by atoms with Crippen molar-refractivity contribution in [3.05, 3.63) is 0 Å². The minimum Gasteiger partial charge on any atom is -0.461 e. The third-order valence-electron chi connectivity index (χ3n) is 16.0. The molecule has 10 nitrogen and oxygen atoms in total. The lowest BCUT2D eigenvalue weighted by Gasteiger charge is -2.63. The van der Waals surface area contributed by atoms with E-state index in [0.29, 0.717) is 45.4 Å². The molecule has 5 aliphatic carbocycles. The number of rotatable bonds is 9. The Morgan fingerprint density at radius 3 is 2.51 bits per heavy atom. The molecule has 4 N–H and O–H groups in total. The number of nitrogens with two attached hydrogens (primary N) is 1. The van der Waals surface area contributed by atoms with Gasteiger partial charge in [0, 0.05) is 32.2 Å². The van der Waals surface area contributed by atoms with Gasteiger partial charge in [-0.3, -0.25) is 9.69 Å². The van der Waals surface area contributed by atoms with Crippen LogP contribution in [0.5, 0.6) is 0 Å². The molecule has 10 heteroatoms. The molecule has 0 amide bonds. The molecule has 7 rings (SSSR count). The number of carbonyl (C=O) groups is 1. The van der Waals surface area contributed by atoms with E-state index in [1.807, 2.05) is 6.92 Å². The van der Waals surface area contributed by atoms with E-state index in [0.717, 1.165) is 51.4 Å². The number of aliphatic hydroxyl groups is 2. The van der Waals surface area contributed by atoms with Crippen molar-refractivity contribution in [3.8, 4) is 0 Å². The first kappa shape index (κ1) is 36.5. The van der Waals surface area contributed by atoms with E-state index in [9.17, 15) is 15.0 Å². The summed E-state index contributed by atoms with van der Waals surface area (Å²) in [4.78, 5) is 15.8. The highest BCUT2D eigenvalue weighted by molar-refractivity contribution is 5.76. The smallest absolute Gasteiger partial charge is 0.326 e. The summed E-state index contributed by atoms with van der Waals surface area (Å²) in [6.45, 7) is 18.3. The third kappa shape index (κ3) is 5.11. The van der Waals surface area contributed by atoms with Crippen LogP contribution in [0.4, 0.5) is 0 Å². The van der Waals surface area contributed by atoms with E-state index in [4.69, 9.17) is 29.4 Å². The Morgan fingerprint density at radius 1 is 1.10 bits per heavy atom. The van der Waals surface area contributed by atoms with Gasteiger partial charge in [-0.15, -0.1) is 0 Å². The van der Waals surface area contributed by atoms with E-state index >= 15 is 0 Å². The van der Waals surface area contributed by atoms with Crippen molar-refractivity contribution in [1.82, 2.24) is 4.90 Å². The molecule has 1 unspecified atom stereocenters. The second-order valence-corrected chi connectivity index (χ2v) is 18.8. The van der Waals surface area contributed by atoms with Gasteiger partial charge in [-0.25, -0.2) is 0 Å². The molecule has 0 bridgehead atoms. The van der Waals surface area contributed by atoms with Crippen LogP contribution >= 0.6 is 0 Å². The van der Waals surface area contributed by atoms with Gasteiger partial charge in [0.2, 0.25) is 0 Å². The van der Waals surface area contributed by atoms with Crippen LogP contribution in [0.25, 0.3) is 0 Å². The summed E-state index contributed by atoms with van der Waals surface area (Å²) in [6.07, 6.45) is 5.88. The average molecular weight is 691 g/mol. The van der Waals surface area contributed by atoms with Crippen molar-refractivity contribution < 1.29 is 38.7 Å². The fourth-order valence-electron chi connectivity index (χ4n) is 13.8. The first-order valence-corrected chi connectivity index (χ1v) is 19.5. The molecule has 7 aliphatic rings. The molecular weight excluding hydrogens is 624 g/mol. The van der Waals surface area contributed by atoms with Gasteiger partial charge in [-0.05, 0) is 112 Å². The number of hydrogen-bond acceptors (Lipinski definition) is 10. The minimum absolute atomic E-state index is 0.0998. The van der Waals surface area contributed by atoms with Crippen LogP contribution in [0.2, 0.25) is 0 Å². The van der Waals surface area contributed by atoms with Gasteiger partial charge in [0.25, 0.3) is 0 Å². The zero-order valence-corrected chi connectivity index (χ0v) is 31.5. The lowest BCUT2D eigenvalue weighted by atomic mass is 9.43. The van der Waals surface area contributed by atoms with Crippen molar-refractivity contribution in [1.29, 1.82) is 0 Å². The van der Waals surface area contributed by atoms with E-state index in [-0.39, 0.29) is 63.7 Å². The Labute approximate surface area is 294 Å². The van der Waals surface area contributed by atoms with Gasteiger partial charge >= 0.3 is 5.97 Å². The van der Waals surface area contributed by atoms with Gasteiger partial charge in [0.05, 0.1) is 49.3 Å². The van der Waals surface area contributed by atoms with Crippen molar-refractivity contribution in [2.24, 2.45) is 51.1 Å². The topological polar surface area (TPSA) is 133 Å². The van der Waals surface area contributed by atoms with Crippen molar-refractivity contribution in [2.45, 2.75) is 148 Å². The molecule has 2 heterocycles. The van der Waals surface area contributed by atoms with Crippen LogP contribution in [0, 0.1) is 45.3 Å². The number of nitrogens with zero attached hydrogens (tertiary/aromatic N) is 1. The first-order chi connectivity index (χ1) is 23.0. The standard InChI is InChI=1S/C39H66N2O8/c1-9-47-32(35(5,6)44)25-20-23(2)29-30(48-25)31(42)39(40)27-11-10-26-34(3,4)28(12-13-37(26)22-38(27,37)15-14-36(29,39)7)49-33(43)24-21-46-19-17-41(24)16-18-45-8/h23-32,42,44H,9-22,40H2,1-8H3/t23-,24-,25-,26+,27-,28+,29+,30+,31+,32+,36-,37?,38+,39+/m1/s1. The molecule has 0 aromatic rings. The Bertz CT molecular complexity index is 1260. The number of ether oxygens (including phenoxy) is 5. The molecule has 0 radical (unpaired) electrons. The van der Waals surface area contributed by atoms with Crippen LogP contribution in [0.1, 0.15) is 99.8 Å². The molecule has 0 aromatic carbocycles. The average Bonchev–Trinajstić information content (AvgIpc) is 3.68. The molecular formula is C39H66N2O8. The van der Waals surface area contributed by atoms with Gasteiger partial charge in [0.15, 0.2) is 0 Å². The molecule has 5 saturated carbocycles. The number of hydrogen-bond donors (Lipinski definition) is 3. The number of esters is 1. The molecule has 14 atom stereocenters. The van der Waals surface area contributed by atoms with Crippen molar-refractivity contribution in [3.63, 3.8) is 0 Å². The van der Waals surface area contributed by atoms with E-state index in [1.165, 1.54) is 0 Å². The molecule has 2 saturated heterocycles. The number of methoxy groups -OCH3 is 1. The molecule has 2 spiro atoms. The maximum atomic E-state index is 13.7. The summed E-state index contributed by atoms with van der Waals surface area (Å²) < 4.78 is 30.4. The third-order valence-corrected chi connectivity index (χ3v) is 16.0. The summed E-state index contributed by atoms with van der Waals surface area (Å²) in [6, 6.07) is -0.393. The number of carbonyl (C=O) groups excluding carboxylic acids is 1. The Morgan fingerprint density at radius 2 is 1.82 bits per heavy atom. The monoisotopic (exact) mass is 690 g/mol. The lowest BCUT2D eigenvalue weighted by Crippen LogP contribution is -2.70. The van der Waals surface area contributed by atoms with E-state index in [1.54, 1.807) is 21.0 Å². The molecule has 280 valence electrons. The maximum absolute atomic E-state index is 13.7. The minimum atomic E-state index is -1.07. The van der Waals surface area contributed by atoms with Crippen LogP contribution in [0.15, 0.2) is 0 Å². The normalized spacial score (nSPS) is 49.5. The predicted octanol–water partition coefficient (Wildman–Crippen LogP) is 3.93. The summed E-state index contributed by atoms with van der Waals surface area (Å²) in [7, 11) is 1.69. The Kier molecular flexibility index (Phi) is 9.21. The predicted molar refractivity (Wildman–Crippen MR) is 185 cm³/mol. The second-order valence-electron chi connectivity index (χ2n) is 18.8. The Hall–Kier alpha value is -0.850. The second kappa shape index (κ2) is 12.4. The molecule has 2 aliphatic heterocycles. The lowest BCUT2D eigenvalue weighted by molar-refractivity contribution is -0.214. The summed E-state index contributed by atoms with van der Waals surface area (Å²) in [5, 5.41) is 23.5. The summed E-state index contributed by atoms with van der Waals surface area (Å²) in [5.74, 6) is 0.907. The number of morpholine rings is 1. The van der Waals surface area contributed by atoms with Gasteiger partial charge in [-0.2, -0.15) is 0 Å². The van der Waals surface area contributed by atoms with E-state index < -0.39 is 29.4 Å². The Balaban J connectivity index is 1.11. The quantitative estimate of drug-likeness (QED) is 0.306. The highest BCUT2D eigenvalue weighted by Gasteiger charge is 2.85. The summed E-state index contributed by atoms with van der Waals surface area (Å²) in [5.41, 5.74) is 5.83. The summed E-state index contributed by atoms with van der Waals surface area (Å²) >= 11 is 0. The van der Waals surface area contributed by atoms with Crippen LogP contribution < -0.4 is 5.73 Å². The van der Waals surface area contributed by atoms with Gasteiger partial charge < -0.3 is 39.6 Å². The van der Waals surface area contributed by atoms with Crippen LogP contribution in [-0.2, 0) is 28.5 Å². The van der Waals surface area contributed by atoms with Crippen LogP contribution in [0.3, 0.4) is 0 Å². The van der Waals surface area contributed by atoms with Gasteiger partial charge in [-0.1, -0.05) is 27.7 Å². The molecule has 0 aromatic heterocycles. The van der Waals surface area contributed by atoms with Crippen molar-refractivity contribution >= 4 is 5.97 Å². The zero-order valence-electron chi connectivity index (χ0n) is 31.5. The van der Waals surface area contributed by atoms with Crippen LogP contribution in [-0.4, -0.2) is 115 Å². The largest absolute Gasteiger partial charge is 0.461 e. The number of aliphatic hydroxyl groups excluding tert-OH is 1.